The molecule has 0 heterocycles. The molecule has 2 rings (SSSR count). The fourth-order valence-electron chi connectivity index (χ4n) is 1.46. The van der Waals surface area contributed by atoms with Gasteiger partial charge in [0.15, 0.2) is 0 Å². The molecule has 61 valence electrons. The van der Waals surface area contributed by atoms with Gasteiger partial charge >= 0.3 is 78.6 Å². The number of rotatable bonds is 0. The summed E-state index contributed by atoms with van der Waals surface area (Å²) in [7, 11) is 0. The van der Waals surface area contributed by atoms with E-state index >= 15 is 0 Å². The molecule has 1 aromatic carbocycles. The third-order valence-corrected chi connectivity index (χ3v) is 2.80. The number of halogens is 1. The summed E-state index contributed by atoms with van der Waals surface area (Å²) in [5.74, 6) is 0. The van der Waals surface area contributed by atoms with E-state index in [9.17, 15) is 0 Å². The summed E-state index contributed by atoms with van der Waals surface area (Å²) < 4.78 is 0.247. The van der Waals surface area contributed by atoms with E-state index in [1.54, 1.807) is 0 Å². The van der Waals surface area contributed by atoms with Crippen molar-refractivity contribution in [1.82, 2.24) is 0 Å². The number of fused-ring (bicyclic) bond motifs is 1. The summed E-state index contributed by atoms with van der Waals surface area (Å²) in [5.41, 5.74) is 2.82. The first kappa shape index (κ1) is 9.69. The molecule has 0 fully saturated rings. The van der Waals surface area contributed by atoms with Crippen LogP contribution < -0.4 is 0 Å². The number of benzene rings is 1. The van der Waals surface area contributed by atoms with Crippen LogP contribution in [0.4, 0.5) is 4.70 Å². The number of hydrogen-bond acceptors (Lipinski definition) is 0. The standard InChI is InChI=1S/C10H9.FH.Ti/c1-8-6-7-9-4-2-3-5-10(8)9;;/h2-7H,1H3;1H;. The van der Waals surface area contributed by atoms with Crippen molar-refractivity contribution in [2.45, 2.75) is 10.6 Å². The van der Waals surface area contributed by atoms with E-state index in [1.165, 1.54) is 11.1 Å². The van der Waals surface area contributed by atoms with Gasteiger partial charge in [0.05, 0.1) is 0 Å². The molecule has 1 aliphatic carbocycles. The van der Waals surface area contributed by atoms with E-state index in [0.717, 1.165) is 0 Å². The zero-order valence-electron chi connectivity index (χ0n) is 6.87. The second-order valence-electron chi connectivity index (χ2n) is 3.12. The van der Waals surface area contributed by atoms with Gasteiger partial charge in [0, 0.05) is 0 Å². The Morgan fingerprint density at radius 2 is 1.92 bits per heavy atom. The van der Waals surface area contributed by atoms with Crippen molar-refractivity contribution in [3.8, 4) is 0 Å². The average Bonchev–Trinajstić information content (AvgIpc) is 2.29. The fraction of sp³-hybridized carbons (Fsp3) is 0.200. The quantitative estimate of drug-likeness (QED) is 0.561. The van der Waals surface area contributed by atoms with Crippen molar-refractivity contribution in [3.63, 3.8) is 0 Å². The first-order chi connectivity index (χ1) is 5.20. The Morgan fingerprint density at radius 3 is 2.58 bits per heavy atom. The van der Waals surface area contributed by atoms with Crippen molar-refractivity contribution < 1.29 is 25.1 Å². The molecule has 0 radical (unpaired) electrons. The Labute approximate surface area is 83.5 Å². The minimum atomic E-state index is 0. The molecular formula is C10H10FTi. The van der Waals surface area contributed by atoms with Crippen LogP contribution in [-0.2, 0) is 24.2 Å². The maximum Gasteiger partial charge on any atom is -0.269 e. The van der Waals surface area contributed by atoms with Crippen molar-refractivity contribution in [3.05, 3.63) is 41.5 Å². The molecule has 2 heteroatoms. The molecule has 1 atom stereocenters. The van der Waals surface area contributed by atoms with E-state index in [-0.39, 0.29) is 8.42 Å². The Morgan fingerprint density at radius 1 is 1.25 bits per heavy atom. The van der Waals surface area contributed by atoms with E-state index in [4.69, 9.17) is 0 Å². The normalized spacial score (nSPS) is 24.7. The third-order valence-electron chi connectivity index (χ3n) is 2.12. The summed E-state index contributed by atoms with van der Waals surface area (Å²) in [6.07, 6.45) is 4.47. The molecule has 1 unspecified atom stereocenters. The van der Waals surface area contributed by atoms with Crippen LogP contribution >= 0.6 is 0 Å². The summed E-state index contributed by atoms with van der Waals surface area (Å²) in [5, 5.41) is 0. The maximum absolute atomic E-state index is 2.26. The molecule has 1 aliphatic rings. The average molecular weight is 197 g/mol. The van der Waals surface area contributed by atoms with Gasteiger partial charge in [0.1, 0.15) is 0 Å². The molecule has 12 heavy (non-hydrogen) atoms. The number of allylic oxidation sites excluding steroid dienone is 1. The van der Waals surface area contributed by atoms with Gasteiger partial charge in [-0.25, -0.2) is 0 Å². The summed E-state index contributed by atoms with van der Waals surface area (Å²) in [6.45, 7) is 2.25. The molecule has 1 aromatic rings. The van der Waals surface area contributed by atoms with Crippen LogP contribution in [0.25, 0.3) is 6.08 Å². The van der Waals surface area contributed by atoms with E-state index < -0.39 is 0 Å². The Kier molecular flexibility index (Phi) is 2.55. The molecule has 0 aliphatic heterocycles. The van der Waals surface area contributed by atoms with E-state index in [1.807, 2.05) is 0 Å². The molecular weight excluding hydrogens is 187 g/mol. The van der Waals surface area contributed by atoms with Crippen LogP contribution in [0.5, 0.6) is 0 Å². The predicted molar refractivity (Wildman–Crippen MR) is 45.3 cm³/mol. The predicted octanol–water partition coefficient (Wildman–Crippen LogP) is 2.63. The Bertz CT molecular complexity index is 315. The van der Waals surface area contributed by atoms with Gasteiger partial charge in [-0.05, 0) is 0 Å². The van der Waals surface area contributed by atoms with Crippen LogP contribution in [0.3, 0.4) is 0 Å². The topological polar surface area (TPSA) is 0 Å². The Balaban J connectivity index is 0.000000720. The second kappa shape index (κ2) is 3.16. The Hall–Kier alpha value is -0.396. The van der Waals surface area contributed by atoms with Gasteiger partial charge in [-0.1, -0.05) is 0 Å². The largest absolute Gasteiger partial charge is 0.269 e. The van der Waals surface area contributed by atoms with Gasteiger partial charge in [0.25, 0.3) is 0 Å². The minimum Gasteiger partial charge on any atom is -0.269 e. The maximum atomic E-state index is 2.26. The zero-order valence-corrected chi connectivity index (χ0v) is 8.43. The van der Waals surface area contributed by atoms with Crippen LogP contribution in [0.1, 0.15) is 18.1 Å². The van der Waals surface area contributed by atoms with Crippen molar-refractivity contribution in [2.75, 3.05) is 0 Å². The fourth-order valence-corrected chi connectivity index (χ4v) is 1.95. The second-order valence-corrected chi connectivity index (χ2v) is 4.74. The van der Waals surface area contributed by atoms with E-state index in [2.05, 4.69) is 63.8 Å². The monoisotopic (exact) mass is 197 g/mol. The van der Waals surface area contributed by atoms with Crippen LogP contribution in [0, 0.1) is 0 Å². The summed E-state index contributed by atoms with van der Waals surface area (Å²) in [6, 6.07) is 8.56. The third kappa shape index (κ3) is 1.39. The van der Waals surface area contributed by atoms with E-state index in [0.29, 0.717) is 0 Å². The van der Waals surface area contributed by atoms with Crippen LogP contribution in [0.2, 0.25) is 0 Å². The first-order valence-corrected chi connectivity index (χ1v) is 4.52. The number of hydrogen-bond donors (Lipinski definition) is 0. The van der Waals surface area contributed by atoms with Crippen molar-refractivity contribution >= 4 is 6.08 Å². The first-order valence-electron chi connectivity index (χ1n) is 3.74. The molecule has 0 bridgehead atoms. The van der Waals surface area contributed by atoms with Crippen molar-refractivity contribution in [2.24, 2.45) is 0 Å². The van der Waals surface area contributed by atoms with Gasteiger partial charge in [0.2, 0.25) is 0 Å². The SMILES string of the molecule is C[C]1([Ti])C=Cc2ccccc21.F. The minimum absolute atomic E-state index is 0. The summed E-state index contributed by atoms with van der Waals surface area (Å²) in [4.78, 5) is 0. The smallest absolute Gasteiger partial charge is 0.269 e. The molecule has 0 aromatic heterocycles. The molecule has 0 spiro atoms. The molecule has 0 N–H and O–H groups in total. The zero-order chi connectivity index (χ0) is 7.90. The van der Waals surface area contributed by atoms with Crippen LogP contribution in [-0.4, -0.2) is 0 Å². The molecule has 0 saturated heterocycles. The molecule has 0 amide bonds. The summed E-state index contributed by atoms with van der Waals surface area (Å²) >= 11 is 2.25. The van der Waals surface area contributed by atoms with Gasteiger partial charge < -0.3 is 0 Å². The molecule has 0 saturated carbocycles. The van der Waals surface area contributed by atoms with Gasteiger partial charge in [-0.2, -0.15) is 0 Å². The van der Waals surface area contributed by atoms with Crippen LogP contribution in [0.15, 0.2) is 30.3 Å². The van der Waals surface area contributed by atoms with Gasteiger partial charge in [-0.15, -0.1) is 0 Å². The van der Waals surface area contributed by atoms with Crippen molar-refractivity contribution in [1.29, 1.82) is 0 Å². The molecule has 0 nitrogen and oxygen atoms in total. The van der Waals surface area contributed by atoms with Gasteiger partial charge in [-0.3, -0.25) is 4.70 Å².